The maximum Gasteiger partial charge on any atom is 0.411 e. The van der Waals surface area contributed by atoms with Crippen LogP contribution in [0.1, 0.15) is 12.5 Å². The number of halogens is 3. The Hall–Kier alpha value is -3.86. The Morgan fingerprint density at radius 1 is 1.06 bits per heavy atom. The second-order valence-corrected chi connectivity index (χ2v) is 7.79. The zero-order valence-electron chi connectivity index (χ0n) is 19.5. The predicted molar refractivity (Wildman–Crippen MR) is 124 cm³/mol. The Balaban J connectivity index is 1.86. The monoisotopic (exact) mass is 490 g/mol. The molecule has 0 fully saturated rings. The summed E-state index contributed by atoms with van der Waals surface area (Å²) >= 11 is 0. The summed E-state index contributed by atoms with van der Waals surface area (Å²) < 4.78 is 54.4. The molecule has 0 unspecified atom stereocenters. The van der Waals surface area contributed by atoms with Crippen molar-refractivity contribution in [3.63, 3.8) is 0 Å². The molecule has 0 saturated heterocycles. The molecule has 3 rings (SSSR count). The summed E-state index contributed by atoms with van der Waals surface area (Å²) in [6.45, 7) is 2.09. The topological polar surface area (TPSA) is 85.7 Å². The van der Waals surface area contributed by atoms with Gasteiger partial charge >= 0.3 is 6.09 Å². The van der Waals surface area contributed by atoms with E-state index in [-0.39, 0.29) is 42.3 Å². The SMILES string of the molecule is CCOC(=O)Nc1ccc(F)c(Cn2nc(-c3cc(F)c(OCCN(C)C)c(F)c3)ccc2=O)c1. The van der Waals surface area contributed by atoms with E-state index in [1.54, 1.807) is 21.0 Å². The van der Waals surface area contributed by atoms with Gasteiger partial charge in [0.05, 0.1) is 18.8 Å². The molecule has 1 N–H and O–H groups in total. The van der Waals surface area contributed by atoms with Gasteiger partial charge in [0.2, 0.25) is 0 Å². The smallest absolute Gasteiger partial charge is 0.411 e. The quantitative estimate of drug-likeness (QED) is 0.490. The minimum atomic E-state index is -0.915. The molecule has 0 radical (unpaired) electrons. The lowest BCUT2D eigenvalue weighted by Crippen LogP contribution is -2.23. The number of amides is 1. The average molecular weight is 490 g/mol. The summed E-state index contributed by atoms with van der Waals surface area (Å²) in [6.07, 6.45) is -0.708. The normalized spacial score (nSPS) is 10.9. The van der Waals surface area contributed by atoms with Crippen LogP contribution in [0.25, 0.3) is 11.3 Å². The van der Waals surface area contributed by atoms with Gasteiger partial charge in [-0.05, 0) is 57.4 Å². The highest BCUT2D eigenvalue weighted by Gasteiger charge is 2.16. The fourth-order valence-electron chi connectivity index (χ4n) is 3.11. The van der Waals surface area contributed by atoms with Crippen LogP contribution >= 0.6 is 0 Å². The van der Waals surface area contributed by atoms with E-state index in [1.165, 1.54) is 18.2 Å². The van der Waals surface area contributed by atoms with Gasteiger partial charge in [0.1, 0.15) is 12.4 Å². The molecular weight excluding hydrogens is 465 g/mol. The summed E-state index contributed by atoms with van der Waals surface area (Å²) in [6, 6.07) is 8.40. The highest BCUT2D eigenvalue weighted by atomic mass is 19.1. The van der Waals surface area contributed by atoms with Crippen molar-refractivity contribution in [3.05, 3.63) is 75.8 Å². The van der Waals surface area contributed by atoms with Crippen molar-refractivity contribution in [2.75, 3.05) is 39.2 Å². The average Bonchev–Trinajstić information content (AvgIpc) is 2.79. The number of anilines is 1. The minimum absolute atomic E-state index is 0.0630. The number of nitrogens with one attached hydrogen (secondary N) is 1. The number of hydrogen-bond acceptors (Lipinski definition) is 6. The van der Waals surface area contributed by atoms with Crippen LogP contribution < -0.4 is 15.6 Å². The van der Waals surface area contributed by atoms with E-state index in [9.17, 15) is 22.8 Å². The van der Waals surface area contributed by atoms with Gasteiger partial charge in [-0.3, -0.25) is 10.1 Å². The number of hydrogen-bond donors (Lipinski definition) is 1. The summed E-state index contributed by atoms with van der Waals surface area (Å²) in [4.78, 5) is 25.8. The van der Waals surface area contributed by atoms with E-state index in [1.807, 2.05) is 4.90 Å². The summed E-state index contributed by atoms with van der Waals surface area (Å²) in [7, 11) is 3.61. The molecule has 1 heterocycles. The zero-order valence-corrected chi connectivity index (χ0v) is 19.5. The van der Waals surface area contributed by atoms with Crippen LogP contribution in [0.5, 0.6) is 5.75 Å². The lowest BCUT2D eigenvalue weighted by atomic mass is 10.1. The molecule has 0 spiro atoms. The van der Waals surface area contributed by atoms with Gasteiger partial charge in [-0.25, -0.2) is 22.6 Å². The molecule has 0 atom stereocenters. The van der Waals surface area contributed by atoms with Crippen molar-refractivity contribution in [1.29, 1.82) is 0 Å². The molecule has 0 bridgehead atoms. The Bertz CT molecular complexity index is 1240. The third-order valence-corrected chi connectivity index (χ3v) is 4.83. The number of aromatic nitrogens is 2. The first-order chi connectivity index (χ1) is 16.7. The highest BCUT2D eigenvalue weighted by Crippen LogP contribution is 2.28. The number of likely N-dealkylation sites (N-methyl/N-ethyl adjacent to an activating group) is 1. The van der Waals surface area contributed by atoms with Crippen LogP contribution in [-0.2, 0) is 11.3 Å². The summed E-state index contributed by atoms with van der Waals surface area (Å²) in [5.74, 6) is -2.96. The molecule has 3 aromatic rings. The van der Waals surface area contributed by atoms with E-state index >= 15 is 0 Å². The van der Waals surface area contributed by atoms with Crippen molar-refractivity contribution in [2.45, 2.75) is 13.5 Å². The number of nitrogens with zero attached hydrogens (tertiary/aromatic N) is 3. The first-order valence-corrected chi connectivity index (χ1v) is 10.7. The number of carbonyl (C=O) groups excluding carboxylic acids is 1. The lowest BCUT2D eigenvalue weighted by Gasteiger charge is -2.13. The van der Waals surface area contributed by atoms with Gasteiger partial charge in [0.15, 0.2) is 17.4 Å². The zero-order chi connectivity index (χ0) is 25.5. The van der Waals surface area contributed by atoms with Crippen LogP contribution in [0.2, 0.25) is 0 Å². The van der Waals surface area contributed by atoms with Crippen LogP contribution in [0.15, 0.2) is 47.3 Å². The summed E-state index contributed by atoms with van der Waals surface area (Å²) in [5.41, 5.74) is -0.0528. The third kappa shape index (κ3) is 6.82. The van der Waals surface area contributed by atoms with Crippen molar-refractivity contribution in [2.24, 2.45) is 0 Å². The van der Waals surface area contributed by atoms with Crippen LogP contribution in [-0.4, -0.2) is 54.6 Å². The van der Waals surface area contributed by atoms with Crippen molar-refractivity contribution in [3.8, 4) is 17.0 Å². The van der Waals surface area contributed by atoms with Gasteiger partial charge in [-0.15, -0.1) is 0 Å². The van der Waals surface area contributed by atoms with Crippen LogP contribution in [0.4, 0.5) is 23.7 Å². The maximum absolute atomic E-state index is 14.5. The molecule has 35 heavy (non-hydrogen) atoms. The van der Waals surface area contributed by atoms with Crippen LogP contribution in [0, 0.1) is 17.5 Å². The Labute approximate surface area is 199 Å². The number of carbonyl (C=O) groups is 1. The van der Waals surface area contributed by atoms with Gasteiger partial charge in [-0.2, -0.15) is 5.10 Å². The Morgan fingerprint density at radius 3 is 2.43 bits per heavy atom. The highest BCUT2D eigenvalue weighted by molar-refractivity contribution is 5.84. The Morgan fingerprint density at radius 2 is 1.77 bits per heavy atom. The van der Waals surface area contributed by atoms with E-state index < -0.39 is 34.9 Å². The van der Waals surface area contributed by atoms with Gasteiger partial charge < -0.3 is 14.4 Å². The van der Waals surface area contributed by atoms with Crippen molar-refractivity contribution in [1.82, 2.24) is 14.7 Å². The number of ether oxygens (including phenoxy) is 2. The van der Waals surface area contributed by atoms with Crippen molar-refractivity contribution < 1.29 is 27.4 Å². The number of benzene rings is 2. The molecule has 0 aliphatic carbocycles. The first-order valence-electron chi connectivity index (χ1n) is 10.7. The fraction of sp³-hybridized carbons (Fsp3) is 0.292. The molecule has 186 valence electrons. The molecule has 0 aliphatic rings. The molecule has 1 aromatic heterocycles. The van der Waals surface area contributed by atoms with E-state index in [0.29, 0.717) is 6.54 Å². The van der Waals surface area contributed by atoms with Gasteiger partial charge in [0.25, 0.3) is 5.56 Å². The number of rotatable bonds is 9. The molecule has 8 nitrogen and oxygen atoms in total. The Kier molecular flexibility index (Phi) is 8.48. The van der Waals surface area contributed by atoms with Gasteiger partial charge in [0, 0.05) is 29.4 Å². The van der Waals surface area contributed by atoms with E-state index in [2.05, 4.69) is 10.4 Å². The standard InChI is InChI=1S/C24H25F3N4O4/c1-4-34-24(33)28-17-5-6-18(25)16(11-17)14-31-22(32)8-7-21(29-31)15-12-19(26)23(20(27)13-15)35-10-9-30(2)3/h5-8,11-13H,4,9-10,14H2,1-3H3,(H,28,33). The molecule has 0 saturated carbocycles. The molecule has 1 amide bonds. The van der Waals surface area contributed by atoms with Crippen LogP contribution in [0.3, 0.4) is 0 Å². The minimum Gasteiger partial charge on any atom is -0.486 e. The second kappa shape index (κ2) is 11.5. The predicted octanol–water partition coefficient (Wildman–Crippen LogP) is 3.88. The van der Waals surface area contributed by atoms with Crippen molar-refractivity contribution >= 4 is 11.8 Å². The molecular formula is C24H25F3N4O4. The van der Waals surface area contributed by atoms with E-state index in [4.69, 9.17) is 9.47 Å². The molecule has 11 heteroatoms. The lowest BCUT2D eigenvalue weighted by molar-refractivity contribution is 0.168. The fourth-order valence-corrected chi connectivity index (χ4v) is 3.11. The molecule has 2 aromatic carbocycles. The first kappa shape index (κ1) is 25.8. The largest absolute Gasteiger partial charge is 0.486 e. The van der Waals surface area contributed by atoms with E-state index in [0.717, 1.165) is 28.9 Å². The molecule has 0 aliphatic heterocycles. The second-order valence-electron chi connectivity index (χ2n) is 7.79. The van der Waals surface area contributed by atoms with Gasteiger partial charge in [-0.1, -0.05) is 0 Å². The maximum atomic E-state index is 14.5. The third-order valence-electron chi connectivity index (χ3n) is 4.83. The summed E-state index contributed by atoms with van der Waals surface area (Å²) in [5, 5.41) is 6.59.